The number of amides is 1. The second kappa shape index (κ2) is 8.86. The summed E-state index contributed by atoms with van der Waals surface area (Å²) in [4.78, 5) is 26.8. The fourth-order valence-electron chi connectivity index (χ4n) is 2.93. The van der Waals surface area contributed by atoms with E-state index in [1.54, 1.807) is 53.4 Å². The molecule has 1 saturated heterocycles. The highest BCUT2D eigenvalue weighted by Gasteiger charge is 2.30. The van der Waals surface area contributed by atoms with Crippen LogP contribution in [0.3, 0.4) is 0 Å². The van der Waals surface area contributed by atoms with E-state index >= 15 is 0 Å². The lowest BCUT2D eigenvalue weighted by atomic mass is 10.1. The van der Waals surface area contributed by atoms with Gasteiger partial charge in [-0.05, 0) is 37.1 Å². The van der Waals surface area contributed by atoms with E-state index in [0.29, 0.717) is 30.0 Å². The first kappa shape index (κ1) is 18.5. The molecule has 27 heavy (non-hydrogen) atoms. The van der Waals surface area contributed by atoms with Crippen LogP contribution in [-0.4, -0.2) is 36.5 Å². The molecule has 2 aromatic carbocycles. The topological polar surface area (TPSA) is 79.6 Å². The smallest absolute Gasteiger partial charge is 0.345 e. The van der Waals surface area contributed by atoms with Gasteiger partial charge in [0.2, 0.25) is 6.10 Å². The Kier molecular flexibility index (Phi) is 6.06. The number of hydrogen-bond acceptors (Lipinski definition) is 5. The van der Waals surface area contributed by atoms with E-state index < -0.39 is 12.1 Å². The predicted molar refractivity (Wildman–Crippen MR) is 97.7 cm³/mol. The third-order valence-corrected chi connectivity index (χ3v) is 4.33. The molecule has 1 aliphatic rings. The van der Waals surface area contributed by atoms with Crippen LogP contribution in [0.4, 0.5) is 0 Å². The Bertz CT molecular complexity index is 822. The molecule has 0 bridgehead atoms. The van der Waals surface area contributed by atoms with Crippen LogP contribution in [0.5, 0.6) is 5.75 Å². The third kappa shape index (κ3) is 4.85. The van der Waals surface area contributed by atoms with Crippen LogP contribution in [0, 0.1) is 11.3 Å². The zero-order chi connectivity index (χ0) is 19.1. The third-order valence-electron chi connectivity index (χ3n) is 4.33. The van der Waals surface area contributed by atoms with E-state index in [1.165, 1.54) is 0 Å². The molecule has 0 unspecified atom stereocenters. The predicted octanol–water partition coefficient (Wildman–Crippen LogP) is 2.84. The Hall–Kier alpha value is -3.33. The normalized spacial score (nSPS) is 14.3. The van der Waals surface area contributed by atoms with Crippen LogP contribution in [0.25, 0.3) is 0 Å². The number of nitrogens with zero attached hydrogens (tertiary/aromatic N) is 2. The van der Waals surface area contributed by atoms with Crippen molar-refractivity contribution in [1.82, 2.24) is 4.90 Å². The first-order chi connectivity index (χ1) is 13.2. The van der Waals surface area contributed by atoms with E-state index in [9.17, 15) is 9.59 Å². The molecule has 1 heterocycles. The molecule has 0 aliphatic carbocycles. The van der Waals surface area contributed by atoms with Gasteiger partial charge in [0.05, 0.1) is 11.6 Å². The van der Waals surface area contributed by atoms with Gasteiger partial charge in [0.1, 0.15) is 5.75 Å². The van der Waals surface area contributed by atoms with Crippen molar-refractivity contribution in [3.8, 4) is 11.8 Å². The van der Waals surface area contributed by atoms with Crippen LogP contribution in [0.1, 0.15) is 30.1 Å². The van der Waals surface area contributed by atoms with Gasteiger partial charge in [-0.1, -0.05) is 30.3 Å². The van der Waals surface area contributed by atoms with E-state index in [1.807, 2.05) is 12.1 Å². The van der Waals surface area contributed by atoms with Gasteiger partial charge in [-0.25, -0.2) is 4.79 Å². The molecular formula is C21H20N2O4. The van der Waals surface area contributed by atoms with Crippen LogP contribution in [0.2, 0.25) is 0 Å². The standard InChI is InChI=1S/C21H20N2O4/c22-14-16-8-10-18(11-9-16)26-15-19(24)27-20(17-6-2-1-3-7-17)21(25)23-12-4-5-13-23/h1-3,6-11,20H,4-5,12-13,15H2/t20-/m1/s1. The molecule has 3 rings (SSSR count). The molecular weight excluding hydrogens is 344 g/mol. The number of likely N-dealkylation sites (tertiary alicyclic amines) is 1. The van der Waals surface area contributed by atoms with Crippen LogP contribution < -0.4 is 4.74 Å². The fourth-order valence-corrected chi connectivity index (χ4v) is 2.93. The number of ether oxygens (including phenoxy) is 2. The summed E-state index contributed by atoms with van der Waals surface area (Å²) in [5.41, 5.74) is 1.14. The van der Waals surface area contributed by atoms with Crippen molar-refractivity contribution in [2.75, 3.05) is 19.7 Å². The summed E-state index contributed by atoms with van der Waals surface area (Å²) in [6.45, 7) is 1.05. The summed E-state index contributed by atoms with van der Waals surface area (Å²) in [6.07, 6.45) is 0.952. The molecule has 2 aromatic rings. The number of benzene rings is 2. The zero-order valence-corrected chi connectivity index (χ0v) is 14.8. The number of hydrogen-bond donors (Lipinski definition) is 0. The SMILES string of the molecule is N#Cc1ccc(OCC(=O)O[C@@H](C(=O)N2CCCC2)c2ccccc2)cc1. The van der Waals surface area contributed by atoms with Crippen molar-refractivity contribution in [1.29, 1.82) is 5.26 Å². The molecule has 0 radical (unpaired) electrons. The lowest BCUT2D eigenvalue weighted by Gasteiger charge is -2.23. The quantitative estimate of drug-likeness (QED) is 0.737. The monoisotopic (exact) mass is 364 g/mol. The van der Waals surface area contributed by atoms with E-state index in [2.05, 4.69) is 0 Å². The number of nitriles is 1. The second-order valence-corrected chi connectivity index (χ2v) is 6.24. The molecule has 6 heteroatoms. The van der Waals surface area contributed by atoms with Crippen molar-refractivity contribution in [3.63, 3.8) is 0 Å². The highest BCUT2D eigenvalue weighted by atomic mass is 16.6. The molecule has 0 saturated carbocycles. The van der Waals surface area contributed by atoms with Gasteiger partial charge in [-0.3, -0.25) is 4.79 Å². The summed E-state index contributed by atoms with van der Waals surface area (Å²) in [7, 11) is 0. The highest BCUT2D eigenvalue weighted by Crippen LogP contribution is 2.23. The van der Waals surface area contributed by atoms with Crippen molar-refractivity contribution < 1.29 is 19.1 Å². The molecule has 0 spiro atoms. The van der Waals surface area contributed by atoms with Crippen molar-refractivity contribution in [3.05, 3.63) is 65.7 Å². The Morgan fingerprint density at radius 2 is 1.70 bits per heavy atom. The molecule has 0 aromatic heterocycles. The molecule has 138 valence electrons. The Morgan fingerprint density at radius 1 is 1.04 bits per heavy atom. The molecule has 1 amide bonds. The van der Waals surface area contributed by atoms with Crippen LogP contribution in [0.15, 0.2) is 54.6 Å². The first-order valence-corrected chi connectivity index (χ1v) is 8.83. The molecule has 1 atom stereocenters. The summed E-state index contributed by atoms with van der Waals surface area (Å²) in [5.74, 6) is -0.376. The van der Waals surface area contributed by atoms with Crippen molar-refractivity contribution >= 4 is 11.9 Å². The van der Waals surface area contributed by atoms with Gasteiger partial charge >= 0.3 is 5.97 Å². The molecule has 1 fully saturated rings. The summed E-state index contributed by atoms with van der Waals surface area (Å²) in [6, 6.07) is 17.4. The highest BCUT2D eigenvalue weighted by molar-refractivity contribution is 5.85. The second-order valence-electron chi connectivity index (χ2n) is 6.24. The molecule has 1 aliphatic heterocycles. The summed E-state index contributed by atoms with van der Waals surface area (Å²) >= 11 is 0. The molecule has 0 N–H and O–H groups in total. The minimum absolute atomic E-state index is 0.203. The number of rotatable bonds is 6. The summed E-state index contributed by atoms with van der Waals surface area (Å²) < 4.78 is 10.9. The van der Waals surface area contributed by atoms with E-state index in [4.69, 9.17) is 14.7 Å². The van der Waals surface area contributed by atoms with Gasteiger partial charge < -0.3 is 14.4 Å². The van der Waals surface area contributed by atoms with Gasteiger partial charge in [-0.15, -0.1) is 0 Å². The van der Waals surface area contributed by atoms with E-state index in [-0.39, 0.29) is 12.5 Å². The largest absolute Gasteiger partial charge is 0.482 e. The maximum Gasteiger partial charge on any atom is 0.345 e. The van der Waals surface area contributed by atoms with Gasteiger partial charge in [-0.2, -0.15) is 5.26 Å². The van der Waals surface area contributed by atoms with E-state index in [0.717, 1.165) is 12.8 Å². The van der Waals surface area contributed by atoms with Gasteiger partial charge in [0.15, 0.2) is 6.61 Å². The zero-order valence-electron chi connectivity index (χ0n) is 14.8. The average molecular weight is 364 g/mol. The minimum atomic E-state index is -0.971. The lowest BCUT2D eigenvalue weighted by molar-refractivity contribution is -0.162. The fraction of sp³-hybridized carbons (Fsp3) is 0.286. The lowest BCUT2D eigenvalue weighted by Crippen LogP contribution is -2.35. The van der Waals surface area contributed by atoms with Gasteiger partial charge in [0.25, 0.3) is 5.91 Å². The maximum absolute atomic E-state index is 12.8. The number of carbonyl (C=O) groups is 2. The van der Waals surface area contributed by atoms with Gasteiger partial charge in [0, 0.05) is 18.7 Å². The average Bonchev–Trinajstić information content (AvgIpc) is 3.26. The van der Waals surface area contributed by atoms with Crippen LogP contribution in [-0.2, 0) is 14.3 Å². The van der Waals surface area contributed by atoms with Crippen LogP contribution >= 0.6 is 0 Å². The molecule has 6 nitrogen and oxygen atoms in total. The Morgan fingerprint density at radius 3 is 2.33 bits per heavy atom. The number of carbonyl (C=O) groups excluding carboxylic acids is 2. The Balaban J connectivity index is 1.64. The maximum atomic E-state index is 12.8. The van der Waals surface area contributed by atoms with Crippen molar-refractivity contribution in [2.24, 2.45) is 0 Å². The Labute approximate surface area is 157 Å². The first-order valence-electron chi connectivity index (χ1n) is 8.83. The summed E-state index contributed by atoms with van der Waals surface area (Å²) in [5, 5.41) is 8.80. The minimum Gasteiger partial charge on any atom is -0.482 e. The number of esters is 1. The van der Waals surface area contributed by atoms with Crippen molar-refractivity contribution in [2.45, 2.75) is 18.9 Å².